The van der Waals surface area contributed by atoms with Crippen molar-refractivity contribution in [2.24, 2.45) is 0 Å². The monoisotopic (exact) mass is 327 g/mol. The summed E-state index contributed by atoms with van der Waals surface area (Å²) in [6, 6.07) is 26.9. The number of carbonyl (C=O) groups is 1. The molecule has 0 unspecified atom stereocenters. The van der Waals surface area contributed by atoms with Gasteiger partial charge in [0.15, 0.2) is 5.76 Å². The van der Waals surface area contributed by atoms with E-state index in [2.05, 4.69) is 0 Å². The van der Waals surface area contributed by atoms with Crippen molar-refractivity contribution in [2.75, 3.05) is 4.90 Å². The molecule has 0 aliphatic carbocycles. The Balaban J connectivity index is 1.87. The summed E-state index contributed by atoms with van der Waals surface area (Å²) in [6.07, 6.45) is 0. The zero-order valence-corrected chi connectivity index (χ0v) is 13.8. The Morgan fingerprint density at radius 3 is 1.84 bits per heavy atom. The average molecular weight is 327 g/mol. The lowest BCUT2D eigenvalue weighted by molar-refractivity contribution is 0.0974. The van der Waals surface area contributed by atoms with Gasteiger partial charge in [0, 0.05) is 22.3 Å². The molecule has 1 amide bonds. The first-order valence-electron chi connectivity index (χ1n) is 8.18. The molecular weight excluding hydrogens is 310 g/mol. The number of benzene rings is 3. The predicted molar refractivity (Wildman–Crippen MR) is 100 cm³/mol. The zero-order valence-electron chi connectivity index (χ0n) is 13.8. The third-order valence-corrected chi connectivity index (χ3v) is 4.27. The van der Waals surface area contributed by atoms with Crippen LogP contribution in [0.15, 0.2) is 89.3 Å². The molecule has 3 heteroatoms. The number of carbonyl (C=O) groups excluding carboxylic acids is 1. The van der Waals surface area contributed by atoms with Gasteiger partial charge in [-0.1, -0.05) is 54.6 Å². The third-order valence-electron chi connectivity index (χ3n) is 4.27. The first kappa shape index (κ1) is 15.2. The number of amides is 1. The van der Waals surface area contributed by atoms with Crippen molar-refractivity contribution in [1.82, 2.24) is 0 Å². The van der Waals surface area contributed by atoms with Gasteiger partial charge in [0.2, 0.25) is 0 Å². The molecule has 0 aliphatic rings. The van der Waals surface area contributed by atoms with Gasteiger partial charge in [0.05, 0.1) is 0 Å². The maximum atomic E-state index is 13.4. The van der Waals surface area contributed by atoms with Crippen molar-refractivity contribution in [1.29, 1.82) is 0 Å². The summed E-state index contributed by atoms with van der Waals surface area (Å²) >= 11 is 0. The van der Waals surface area contributed by atoms with E-state index in [-0.39, 0.29) is 5.91 Å². The Labute approximate surface area is 146 Å². The molecule has 0 N–H and O–H groups in total. The van der Waals surface area contributed by atoms with Gasteiger partial charge in [-0.2, -0.15) is 0 Å². The van der Waals surface area contributed by atoms with E-state index in [1.165, 1.54) is 0 Å². The van der Waals surface area contributed by atoms with Crippen LogP contribution in [0.2, 0.25) is 0 Å². The summed E-state index contributed by atoms with van der Waals surface area (Å²) in [5.74, 6) is 0.194. The maximum absolute atomic E-state index is 13.4. The molecule has 0 fully saturated rings. The second-order valence-electron chi connectivity index (χ2n) is 5.86. The molecule has 0 atom stereocenters. The van der Waals surface area contributed by atoms with Gasteiger partial charge in [0.1, 0.15) is 5.58 Å². The third kappa shape index (κ3) is 2.70. The molecule has 1 aromatic heterocycles. The van der Waals surface area contributed by atoms with Crippen LogP contribution in [0.5, 0.6) is 0 Å². The van der Waals surface area contributed by atoms with Gasteiger partial charge in [0.25, 0.3) is 5.91 Å². The van der Waals surface area contributed by atoms with Crippen LogP contribution in [0.4, 0.5) is 11.4 Å². The van der Waals surface area contributed by atoms with Crippen molar-refractivity contribution in [3.8, 4) is 0 Å². The molecule has 1 heterocycles. The molecule has 0 saturated carbocycles. The number of hydrogen-bond acceptors (Lipinski definition) is 2. The van der Waals surface area contributed by atoms with Crippen LogP contribution in [0.25, 0.3) is 11.0 Å². The smallest absolute Gasteiger partial charge is 0.298 e. The Bertz CT molecular complexity index is 980. The van der Waals surface area contributed by atoms with E-state index in [1.54, 1.807) is 4.90 Å². The topological polar surface area (TPSA) is 33.5 Å². The van der Waals surface area contributed by atoms with Gasteiger partial charge in [-0.05, 0) is 37.3 Å². The van der Waals surface area contributed by atoms with E-state index in [0.29, 0.717) is 5.76 Å². The summed E-state index contributed by atoms with van der Waals surface area (Å²) in [4.78, 5) is 15.1. The molecule has 3 nitrogen and oxygen atoms in total. The van der Waals surface area contributed by atoms with Crippen LogP contribution >= 0.6 is 0 Å². The van der Waals surface area contributed by atoms with Gasteiger partial charge < -0.3 is 4.42 Å². The molecule has 0 spiro atoms. The van der Waals surface area contributed by atoms with Crippen molar-refractivity contribution < 1.29 is 9.21 Å². The summed E-state index contributed by atoms with van der Waals surface area (Å²) in [5, 5.41) is 0.965. The molecule has 4 aromatic rings. The van der Waals surface area contributed by atoms with Crippen molar-refractivity contribution in [3.63, 3.8) is 0 Å². The number of para-hydroxylation sites is 3. The lowest BCUT2D eigenvalue weighted by Gasteiger charge is -2.22. The molecule has 0 saturated heterocycles. The number of furan rings is 1. The summed E-state index contributed by atoms with van der Waals surface area (Å²) in [7, 11) is 0. The highest BCUT2D eigenvalue weighted by Gasteiger charge is 2.25. The minimum absolute atomic E-state index is 0.175. The number of aryl methyl sites for hydroxylation is 1. The van der Waals surface area contributed by atoms with E-state index in [9.17, 15) is 4.79 Å². The van der Waals surface area contributed by atoms with E-state index in [0.717, 1.165) is 27.9 Å². The number of hydrogen-bond donors (Lipinski definition) is 0. The maximum Gasteiger partial charge on any atom is 0.298 e. The van der Waals surface area contributed by atoms with Crippen LogP contribution in [0, 0.1) is 6.92 Å². The lowest BCUT2D eigenvalue weighted by atomic mass is 10.1. The van der Waals surface area contributed by atoms with Crippen molar-refractivity contribution in [3.05, 3.63) is 96.3 Å². The standard InChI is InChI=1S/C22H17NO2/c1-16-19-14-8-9-15-20(19)25-21(16)22(24)23(17-10-4-2-5-11-17)18-12-6-3-7-13-18/h2-15H,1H3. The SMILES string of the molecule is Cc1c(C(=O)N(c2ccccc2)c2ccccc2)oc2ccccc12. The molecule has 122 valence electrons. The van der Waals surface area contributed by atoms with E-state index >= 15 is 0 Å². The number of anilines is 2. The van der Waals surface area contributed by atoms with E-state index in [1.807, 2.05) is 91.9 Å². The molecule has 0 aliphatic heterocycles. The van der Waals surface area contributed by atoms with Crippen LogP contribution in [-0.2, 0) is 0 Å². The van der Waals surface area contributed by atoms with Gasteiger partial charge in [-0.3, -0.25) is 9.69 Å². The van der Waals surface area contributed by atoms with Crippen LogP contribution < -0.4 is 4.90 Å². The van der Waals surface area contributed by atoms with Crippen molar-refractivity contribution >= 4 is 28.3 Å². The second kappa shape index (κ2) is 6.29. The van der Waals surface area contributed by atoms with Gasteiger partial charge in [-0.15, -0.1) is 0 Å². The Morgan fingerprint density at radius 1 is 0.760 bits per heavy atom. The lowest BCUT2D eigenvalue weighted by Crippen LogP contribution is -2.26. The minimum atomic E-state index is -0.175. The Morgan fingerprint density at radius 2 is 1.28 bits per heavy atom. The Kier molecular flexibility index (Phi) is 3.82. The molecule has 3 aromatic carbocycles. The van der Waals surface area contributed by atoms with Gasteiger partial charge in [-0.25, -0.2) is 0 Å². The highest BCUT2D eigenvalue weighted by atomic mass is 16.3. The molecule has 0 bridgehead atoms. The van der Waals surface area contributed by atoms with Crippen LogP contribution in [-0.4, -0.2) is 5.91 Å². The van der Waals surface area contributed by atoms with Crippen LogP contribution in [0.1, 0.15) is 16.1 Å². The van der Waals surface area contributed by atoms with Crippen molar-refractivity contribution in [2.45, 2.75) is 6.92 Å². The number of rotatable bonds is 3. The first-order chi connectivity index (χ1) is 12.3. The minimum Gasteiger partial charge on any atom is -0.451 e. The Hall–Kier alpha value is -3.33. The summed E-state index contributed by atoms with van der Waals surface area (Å²) in [6.45, 7) is 1.92. The first-order valence-corrected chi connectivity index (χ1v) is 8.18. The number of fused-ring (bicyclic) bond motifs is 1. The quantitative estimate of drug-likeness (QED) is 0.482. The normalized spacial score (nSPS) is 10.8. The zero-order chi connectivity index (χ0) is 17.2. The molecule has 0 radical (unpaired) electrons. The van der Waals surface area contributed by atoms with E-state index in [4.69, 9.17) is 4.42 Å². The fraction of sp³-hybridized carbons (Fsp3) is 0.0455. The number of nitrogens with zero attached hydrogens (tertiary/aromatic N) is 1. The fourth-order valence-electron chi connectivity index (χ4n) is 3.02. The molecular formula is C22H17NO2. The average Bonchev–Trinajstić information content (AvgIpc) is 3.01. The molecule has 25 heavy (non-hydrogen) atoms. The second-order valence-corrected chi connectivity index (χ2v) is 5.86. The fourth-order valence-corrected chi connectivity index (χ4v) is 3.02. The summed E-state index contributed by atoms with van der Waals surface area (Å²) < 4.78 is 5.89. The molecule has 4 rings (SSSR count). The van der Waals surface area contributed by atoms with E-state index < -0.39 is 0 Å². The largest absolute Gasteiger partial charge is 0.451 e. The van der Waals surface area contributed by atoms with Gasteiger partial charge >= 0.3 is 0 Å². The summed E-state index contributed by atoms with van der Waals surface area (Å²) in [5.41, 5.74) is 3.19. The van der Waals surface area contributed by atoms with Crippen LogP contribution in [0.3, 0.4) is 0 Å². The highest BCUT2D eigenvalue weighted by molar-refractivity contribution is 6.12. The predicted octanol–water partition coefficient (Wildman–Crippen LogP) is 5.72. The highest BCUT2D eigenvalue weighted by Crippen LogP contribution is 2.31.